The molecular formula is C12H18ClN3O2. The van der Waals surface area contributed by atoms with E-state index in [9.17, 15) is 4.79 Å². The average molecular weight is 272 g/mol. The first-order chi connectivity index (χ1) is 8.69. The van der Waals surface area contributed by atoms with Gasteiger partial charge in [-0.2, -0.15) is 0 Å². The van der Waals surface area contributed by atoms with Crippen LogP contribution in [0.1, 0.15) is 41.9 Å². The topological polar surface area (TPSA) is 75.1 Å². The molecule has 1 rings (SSSR count). The number of hydrogen-bond donors (Lipinski definition) is 2. The monoisotopic (exact) mass is 271 g/mol. The average Bonchev–Trinajstić information content (AvgIpc) is 2.33. The highest BCUT2D eigenvalue weighted by molar-refractivity contribution is 6.32. The molecule has 0 aliphatic carbocycles. The summed E-state index contributed by atoms with van der Waals surface area (Å²) < 4.78 is 0. The van der Waals surface area contributed by atoms with E-state index in [0.29, 0.717) is 23.5 Å². The number of nitrogens with zero attached hydrogens (tertiary/aromatic N) is 2. The lowest BCUT2D eigenvalue weighted by Crippen LogP contribution is -2.08. The van der Waals surface area contributed by atoms with E-state index in [0.717, 1.165) is 32.2 Å². The molecule has 0 saturated heterocycles. The molecule has 0 bridgehead atoms. The number of carbonyl (C=O) groups excluding carboxylic acids is 1. The Labute approximate surface area is 112 Å². The molecule has 18 heavy (non-hydrogen) atoms. The van der Waals surface area contributed by atoms with Gasteiger partial charge in [-0.05, 0) is 19.8 Å². The van der Waals surface area contributed by atoms with Crippen molar-refractivity contribution in [2.24, 2.45) is 0 Å². The number of halogens is 1. The van der Waals surface area contributed by atoms with Crippen molar-refractivity contribution in [3.8, 4) is 0 Å². The lowest BCUT2D eigenvalue weighted by molar-refractivity contribution is 0.112. The number of hydrogen-bond acceptors (Lipinski definition) is 5. The third-order valence-electron chi connectivity index (χ3n) is 2.51. The van der Waals surface area contributed by atoms with Crippen LogP contribution in [0.2, 0.25) is 5.15 Å². The number of aldehydes is 1. The van der Waals surface area contributed by atoms with Gasteiger partial charge in [0.25, 0.3) is 0 Å². The van der Waals surface area contributed by atoms with Crippen LogP contribution in [0.25, 0.3) is 0 Å². The second-order valence-corrected chi connectivity index (χ2v) is 4.36. The van der Waals surface area contributed by atoms with Gasteiger partial charge in [0.1, 0.15) is 16.8 Å². The van der Waals surface area contributed by atoms with Crippen LogP contribution in [-0.4, -0.2) is 34.5 Å². The van der Waals surface area contributed by atoms with Crippen molar-refractivity contribution in [3.63, 3.8) is 0 Å². The zero-order chi connectivity index (χ0) is 13.4. The van der Waals surface area contributed by atoms with Crippen molar-refractivity contribution in [2.75, 3.05) is 18.5 Å². The number of rotatable bonds is 8. The summed E-state index contributed by atoms with van der Waals surface area (Å²) in [6, 6.07) is 0. The molecule has 0 spiro atoms. The van der Waals surface area contributed by atoms with Gasteiger partial charge in [0.15, 0.2) is 6.29 Å². The van der Waals surface area contributed by atoms with Gasteiger partial charge in [-0.15, -0.1) is 0 Å². The van der Waals surface area contributed by atoms with E-state index in [2.05, 4.69) is 15.3 Å². The number of anilines is 1. The Kier molecular flexibility index (Phi) is 6.60. The highest BCUT2D eigenvalue weighted by Gasteiger charge is 2.10. The summed E-state index contributed by atoms with van der Waals surface area (Å²) in [6.07, 6.45) is 4.48. The minimum absolute atomic E-state index is 0.181. The Bertz CT molecular complexity index is 399. The molecule has 0 aliphatic heterocycles. The molecule has 100 valence electrons. The predicted molar refractivity (Wildman–Crippen MR) is 71.2 cm³/mol. The van der Waals surface area contributed by atoms with Crippen LogP contribution >= 0.6 is 11.6 Å². The molecule has 1 aromatic heterocycles. The van der Waals surface area contributed by atoms with Gasteiger partial charge < -0.3 is 10.4 Å². The van der Waals surface area contributed by atoms with E-state index in [-0.39, 0.29) is 11.8 Å². The molecule has 0 atom stereocenters. The lowest BCUT2D eigenvalue weighted by Gasteiger charge is -2.09. The predicted octanol–water partition coefficient (Wildman–Crippen LogP) is 2.22. The molecule has 0 aliphatic rings. The standard InChI is InChI=1S/C12H18ClN3O2/c1-9-15-11(13)10(8-18)12(16-9)14-6-4-2-3-5-7-17/h8,17H,2-7H2,1H3,(H,14,15,16). The lowest BCUT2D eigenvalue weighted by atomic mass is 10.2. The molecule has 0 radical (unpaired) electrons. The van der Waals surface area contributed by atoms with Crippen LogP contribution in [0.4, 0.5) is 5.82 Å². The fourth-order valence-electron chi connectivity index (χ4n) is 1.58. The van der Waals surface area contributed by atoms with Gasteiger partial charge in [-0.3, -0.25) is 4.79 Å². The van der Waals surface area contributed by atoms with Gasteiger partial charge >= 0.3 is 0 Å². The molecule has 0 amide bonds. The number of aryl methyl sites for hydroxylation is 1. The number of unbranched alkanes of at least 4 members (excludes halogenated alkanes) is 3. The van der Waals surface area contributed by atoms with Crippen LogP contribution in [0.5, 0.6) is 0 Å². The van der Waals surface area contributed by atoms with Gasteiger partial charge in [0.05, 0.1) is 5.56 Å². The number of nitrogens with one attached hydrogen (secondary N) is 1. The molecule has 0 fully saturated rings. The molecule has 5 nitrogen and oxygen atoms in total. The van der Waals surface area contributed by atoms with Crippen molar-refractivity contribution in [1.82, 2.24) is 9.97 Å². The zero-order valence-electron chi connectivity index (χ0n) is 10.4. The Morgan fingerprint density at radius 2 is 2.00 bits per heavy atom. The zero-order valence-corrected chi connectivity index (χ0v) is 11.2. The third kappa shape index (κ3) is 4.58. The summed E-state index contributed by atoms with van der Waals surface area (Å²) >= 11 is 5.87. The quantitative estimate of drug-likeness (QED) is 0.431. The van der Waals surface area contributed by atoms with E-state index in [1.54, 1.807) is 6.92 Å². The van der Waals surface area contributed by atoms with E-state index in [1.807, 2.05) is 0 Å². The largest absolute Gasteiger partial charge is 0.396 e. The Balaban J connectivity index is 2.48. The van der Waals surface area contributed by atoms with E-state index in [4.69, 9.17) is 16.7 Å². The highest BCUT2D eigenvalue weighted by atomic mass is 35.5. The first-order valence-corrected chi connectivity index (χ1v) is 6.41. The Hall–Kier alpha value is -1.20. The van der Waals surface area contributed by atoms with Gasteiger partial charge in [-0.25, -0.2) is 9.97 Å². The number of aromatic nitrogens is 2. The SMILES string of the molecule is Cc1nc(Cl)c(C=O)c(NCCCCCCO)n1. The van der Waals surface area contributed by atoms with Gasteiger partial charge in [0, 0.05) is 13.2 Å². The van der Waals surface area contributed by atoms with Crippen molar-refractivity contribution in [3.05, 3.63) is 16.5 Å². The summed E-state index contributed by atoms with van der Waals surface area (Å²) in [4.78, 5) is 19.0. The summed E-state index contributed by atoms with van der Waals surface area (Å²) in [5.74, 6) is 1.03. The molecule has 2 N–H and O–H groups in total. The van der Waals surface area contributed by atoms with Crippen LogP contribution in [0.3, 0.4) is 0 Å². The summed E-state index contributed by atoms with van der Waals surface area (Å²) in [6.45, 7) is 2.69. The van der Waals surface area contributed by atoms with Crippen LogP contribution in [0, 0.1) is 6.92 Å². The van der Waals surface area contributed by atoms with Crippen LogP contribution in [-0.2, 0) is 0 Å². The maximum atomic E-state index is 10.9. The maximum absolute atomic E-state index is 10.9. The summed E-state index contributed by atoms with van der Waals surface area (Å²) in [7, 11) is 0. The molecule has 1 heterocycles. The van der Waals surface area contributed by atoms with Crippen LogP contribution in [0.15, 0.2) is 0 Å². The number of carbonyl (C=O) groups is 1. The smallest absolute Gasteiger partial charge is 0.156 e. The van der Waals surface area contributed by atoms with Gasteiger partial charge in [0.2, 0.25) is 0 Å². The Morgan fingerprint density at radius 3 is 2.67 bits per heavy atom. The van der Waals surface area contributed by atoms with E-state index >= 15 is 0 Å². The molecule has 0 aromatic carbocycles. The highest BCUT2D eigenvalue weighted by Crippen LogP contribution is 2.18. The minimum Gasteiger partial charge on any atom is -0.396 e. The van der Waals surface area contributed by atoms with E-state index in [1.165, 1.54) is 0 Å². The second-order valence-electron chi connectivity index (χ2n) is 4.01. The normalized spacial score (nSPS) is 10.4. The molecule has 1 aromatic rings. The molecule has 0 saturated carbocycles. The summed E-state index contributed by atoms with van der Waals surface area (Å²) in [5, 5.41) is 11.9. The second kappa shape index (κ2) is 8.00. The van der Waals surface area contributed by atoms with E-state index < -0.39 is 0 Å². The van der Waals surface area contributed by atoms with Gasteiger partial charge in [-0.1, -0.05) is 24.4 Å². The van der Waals surface area contributed by atoms with Crippen molar-refractivity contribution in [2.45, 2.75) is 32.6 Å². The fraction of sp³-hybridized carbons (Fsp3) is 0.583. The molecule has 0 unspecified atom stereocenters. The third-order valence-corrected chi connectivity index (χ3v) is 2.79. The number of aliphatic hydroxyl groups excluding tert-OH is 1. The molecule has 6 heteroatoms. The van der Waals surface area contributed by atoms with Crippen molar-refractivity contribution >= 4 is 23.7 Å². The first kappa shape index (κ1) is 14.9. The number of aliphatic hydroxyl groups is 1. The minimum atomic E-state index is 0.181. The van der Waals surface area contributed by atoms with Crippen molar-refractivity contribution < 1.29 is 9.90 Å². The summed E-state index contributed by atoms with van der Waals surface area (Å²) in [5.41, 5.74) is 0.303. The van der Waals surface area contributed by atoms with Crippen LogP contribution < -0.4 is 5.32 Å². The Morgan fingerprint density at radius 1 is 1.28 bits per heavy atom. The fourth-order valence-corrected chi connectivity index (χ4v) is 1.84. The first-order valence-electron chi connectivity index (χ1n) is 6.03. The maximum Gasteiger partial charge on any atom is 0.156 e. The van der Waals surface area contributed by atoms with Crippen molar-refractivity contribution in [1.29, 1.82) is 0 Å². The molecular weight excluding hydrogens is 254 g/mol.